The summed E-state index contributed by atoms with van der Waals surface area (Å²) in [5.41, 5.74) is 6.73. The van der Waals surface area contributed by atoms with Gasteiger partial charge in [0.2, 0.25) is 0 Å². The van der Waals surface area contributed by atoms with Gasteiger partial charge in [0, 0.05) is 6.04 Å². The van der Waals surface area contributed by atoms with Crippen LogP contribution in [0.3, 0.4) is 0 Å². The molecule has 0 aromatic carbocycles. The normalized spacial score (nSPS) is 32.1. The second kappa shape index (κ2) is 4.65. The predicted molar refractivity (Wildman–Crippen MR) is 63.2 cm³/mol. The van der Waals surface area contributed by atoms with Crippen molar-refractivity contribution in [1.29, 1.82) is 0 Å². The third kappa shape index (κ3) is 3.61. The first-order valence-corrected chi connectivity index (χ1v) is 6.16. The molecular weight excluding hydrogens is 170 g/mol. The van der Waals surface area contributed by atoms with Crippen LogP contribution >= 0.6 is 0 Å². The van der Waals surface area contributed by atoms with Crippen LogP contribution in [0.15, 0.2) is 0 Å². The molecule has 2 unspecified atom stereocenters. The Balaban J connectivity index is 2.41. The Hall–Kier alpha value is -0.0400. The molecule has 1 aliphatic carbocycles. The molecule has 2 N–H and O–H groups in total. The van der Waals surface area contributed by atoms with Crippen LogP contribution in [-0.2, 0) is 0 Å². The highest BCUT2D eigenvalue weighted by atomic mass is 14.7. The molecule has 0 saturated heterocycles. The highest BCUT2D eigenvalue weighted by Gasteiger charge is 2.32. The average Bonchev–Trinajstić information content (AvgIpc) is 2.06. The molecule has 84 valence electrons. The lowest BCUT2D eigenvalue weighted by atomic mass is 9.68. The van der Waals surface area contributed by atoms with Crippen molar-refractivity contribution >= 4 is 0 Å². The molecule has 1 fully saturated rings. The summed E-state index contributed by atoms with van der Waals surface area (Å²) in [6.45, 7) is 9.39. The molecule has 1 heteroatoms. The molecule has 1 aliphatic rings. The Morgan fingerprint density at radius 3 is 2.57 bits per heavy atom. The third-order valence-corrected chi connectivity index (χ3v) is 3.69. The topological polar surface area (TPSA) is 26.0 Å². The van der Waals surface area contributed by atoms with Gasteiger partial charge >= 0.3 is 0 Å². The maximum Gasteiger partial charge on any atom is 0.00675 e. The second-order valence-corrected chi connectivity index (χ2v) is 6.30. The monoisotopic (exact) mass is 197 g/mol. The van der Waals surface area contributed by atoms with Crippen LogP contribution in [0.5, 0.6) is 0 Å². The molecule has 0 radical (unpaired) electrons. The fraction of sp³-hybridized carbons (Fsp3) is 1.00. The summed E-state index contributed by atoms with van der Waals surface area (Å²) in [6.07, 6.45) is 6.56. The molecule has 0 aromatic heterocycles. The molecule has 1 saturated carbocycles. The second-order valence-electron chi connectivity index (χ2n) is 6.30. The maximum absolute atomic E-state index is 6.19. The third-order valence-electron chi connectivity index (χ3n) is 3.69. The minimum Gasteiger partial charge on any atom is -0.327 e. The highest BCUT2D eigenvalue weighted by molar-refractivity contribution is 4.86. The lowest BCUT2D eigenvalue weighted by molar-refractivity contribution is 0.146. The number of hydrogen-bond donors (Lipinski definition) is 1. The van der Waals surface area contributed by atoms with Gasteiger partial charge in [0.15, 0.2) is 0 Å². The maximum atomic E-state index is 6.19. The summed E-state index contributed by atoms with van der Waals surface area (Å²) in [4.78, 5) is 0. The molecule has 0 heterocycles. The van der Waals surface area contributed by atoms with Gasteiger partial charge in [0.1, 0.15) is 0 Å². The van der Waals surface area contributed by atoms with E-state index in [1.165, 1.54) is 32.1 Å². The molecule has 0 aliphatic heterocycles. The Bertz CT molecular complexity index is 172. The Labute approximate surface area is 89.5 Å². The van der Waals surface area contributed by atoms with Crippen molar-refractivity contribution in [3.63, 3.8) is 0 Å². The number of hydrogen-bond acceptors (Lipinski definition) is 1. The van der Waals surface area contributed by atoms with Gasteiger partial charge in [0.25, 0.3) is 0 Å². The summed E-state index contributed by atoms with van der Waals surface area (Å²) in [7, 11) is 0. The molecule has 2 atom stereocenters. The van der Waals surface area contributed by atoms with Crippen molar-refractivity contribution in [3.05, 3.63) is 0 Å². The molecule has 1 nitrogen and oxygen atoms in total. The summed E-state index contributed by atoms with van der Waals surface area (Å²) < 4.78 is 0. The van der Waals surface area contributed by atoms with Crippen LogP contribution in [0.1, 0.15) is 59.8 Å². The Morgan fingerprint density at radius 1 is 1.36 bits per heavy atom. The smallest absolute Gasteiger partial charge is 0.00675 e. The van der Waals surface area contributed by atoms with Crippen molar-refractivity contribution < 1.29 is 0 Å². The minimum absolute atomic E-state index is 0.474. The lowest BCUT2D eigenvalue weighted by Gasteiger charge is -2.39. The first-order valence-electron chi connectivity index (χ1n) is 6.16. The van der Waals surface area contributed by atoms with Crippen LogP contribution in [0.2, 0.25) is 0 Å². The van der Waals surface area contributed by atoms with Crippen LogP contribution in [0.25, 0.3) is 0 Å². The van der Waals surface area contributed by atoms with Crippen molar-refractivity contribution in [1.82, 2.24) is 0 Å². The van der Waals surface area contributed by atoms with Crippen molar-refractivity contribution in [2.45, 2.75) is 65.8 Å². The summed E-state index contributed by atoms with van der Waals surface area (Å²) >= 11 is 0. The van der Waals surface area contributed by atoms with Crippen LogP contribution in [-0.4, -0.2) is 6.04 Å². The minimum atomic E-state index is 0.474. The molecule has 1 rings (SSSR count). The average molecular weight is 197 g/mol. The summed E-state index contributed by atoms with van der Waals surface area (Å²) in [6, 6.07) is 0.474. The zero-order valence-electron chi connectivity index (χ0n) is 10.3. The quantitative estimate of drug-likeness (QED) is 0.735. The van der Waals surface area contributed by atoms with E-state index in [2.05, 4.69) is 27.7 Å². The van der Waals surface area contributed by atoms with Gasteiger partial charge < -0.3 is 5.73 Å². The first kappa shape index (κ1) is 12.0. The van der Waals surface area contributed by atoms with Crippen molar-refractivity contribution in [2.75, 3.05) is 0 Å². The summed E-state index contributed by atoms with van der Waals surface area (Å²) in [5, 5.41) is 0. The molecule has 0 aromatic rings. The van der Waals surface area contributed by atoms with E-state index >= 15 is 0 Å². The summed E-state index contributed by atoms with van der Waals surface area (Å²) in [5.74, 6) is 1.60. The van der Waals surface area contributed by atoms with Gasteiger partial charge in [-0.2, -0.15) is 0 Å². The van der Waals surface area contributed by atoms with E-state index in [1.54, 1.807) is 0 Å². The number of rotatable bonds is 3. The van der Waals surface area contributed by atoms with E-state index < -0.39 is 0 Å². The van der Waals surface area contributed by atoms with Gasteiger partial charge in [-0.15, -0.1) is 0 Å². The van der Waals surface area contributed by atoms with E-state index in [0.717, 1.165) is 11.8 Å². The van der Waals surface area contributed by atoms with Crippen molar-refractivity contribution in [3.8, 4) is 0 Å². The first-order chi connectivity index (χ1) is 6.41. The van der Waals surface area contributed by atoms with E-state index in [9.17, 15) is 0 Å². The molecule has 0 amide bonds. The van der Waals surface area contributed by atoms with Gasteiger partial charge in [-0.1, -0.05) is 34.1 Å². The van der Waals surface area contributed by atoms with Gasteiger partial charge in [-0.05, 0) is 42.9 Å². The molecule has 0 spiro atoms. The van der Waals surface area contributed by atoms with Crippen LogP contribution < -0.4 is 5.73 Å². The predicted octanol–water partition coefficient (Wildman–Crippen LogP) is 3.58. The number of nitrogens with two attached hydrogens (primary N) is 1. The Kier molecular flexibility index (Phi) is 4.00. The zero-order valence-corrected chi connectivity index (χ0v) is 10.3. The highest BCUT2D eigenvalue weighted by Crippen LogP contribution is 2.40. The van der Waals surface area contributed by atoms with Crippen LogP contribution in [0.4, 0.5) is 0 Å². The Morgan fingerprint density at radius 2 is 2.00 bits per heavy atom. The fourth-order valence-electron chi connectivity index (χ4n) is 2.62. The SMILES string of the molecule is CC(C)CCC1CC(C)(C)CCC1N. The van der Waals surface area contributed by atoms with Gasteiger partial charge in [-0.3, -0.25) is 0 Å². The fourth-order valence-corrected chi connectivity index (χ4v) is 2.62. The van der Waals surface area contributed by atoms with E-state index in [1.807, 2.05) is 0 Å². The lowest BCUT2D eigenvalue weighted by Crippen LogP contribution is -2.39. The van der Waals surface area contributed by atoms with Gasteiger partial charge in [0.05, 0.1) is 0 Å². The standard InChI is InChI=1S/C13H27N/c1-10(2)5-6-11-9-13(3,4)8-7-12(11)14/h10-12H,5-9,14H2,1-4H3. The van der Waals surface area contributed by atoms with E-state index in [4.69, 9.17) is 5.73 Å². The molecular formula is C13H27N. The van der Waals surface area contributed by atoms with Crippen LogP contribution in [0, 0.1) is 17.3 Å². The molecule has 0 bridgehead atoms. The zero-order chi connectivity index (χ0) is 10.8. The van der Waals surface area contributed by atoms with E-state index in [0.29, 0.717) is 11.5 Å². The molecule has 14 heavy (non-hydrogen) atoms. The van der Waals surface area contributed by atoms with Crippen molar-refractivity contribution in [2.24, 2.45) is 23.0 Å². The van der Waals surface area contributed by atoms with E-state index in [-0.39, 0.29) is 0 Å². The largest absolute Gasteiger partial charge is 0.327 e. The van der Waals surface area contributed by atoms with Gasteiger partial charge in [-0.25, -0.2) is 0 Å².